The summed E-state index contributed by atoms with van der Waals surface area (Å²) in [5.41, 5.74) is 1.55. The van der Waals surface area contributed by atoms with Gasteiger partial charge in [0.1, 0.15) is 5.82 Å². The number of fused-ring (bicyclic) bond motifs is 1. The molecule has 2 aromatic carbocycles. The summed E-state index contributed by atoms with van der Waals surface area (Å²) in [6.07, 6.45) is 0.260. The van der Waals surface area contributed by atoms with Gasteiger partial charge < -0.3 is 4.90 Å². The first-order valence-corrected chi connectivity index (χ1v) is 6.79. The Balaban J connectivity index is 2.05. The van der Waals surface area contributed by atoms with Crippen LogP contribution in [-0.2, 0) is 0 Å². The summed E-state index contributed by atoms with van der Waals surface area (Å²) < 4.78 is 14.1. The third-order valence-electron chi connectivity index (χ3n) is 3.73. The Hall–Kier alpha value is -2.49. The van der Waals surface area contributed by atoms with E-state index < -0.39 is 11.7 Å². The van der Waals surface area contributed by atoms with Crippen molar-refractivity contribution >= 4 is 17.4 Å². The van der Waals surface area contributed by atoms with Crippen molar-refractivity contribution in [3.8, 4) is 0 Å². The molecule has 0 radical (unpaired) electrons. The van der Waals surface area contributed by atoms with Gasteiger partial charge in [0.05, 0.1) is 11.3 Å². The molecule has 0 spiro atoms. The molecule has 0 unspecified atom stereocenters. The minimum Gasteiger partial charge on any atom is -0.307 e. The molecule has 0 N–H and O–H groups in total. The number of aryl methyl sites for hydroxylation is 1. The largest absolute Gasteiger partial charge is 0.307 e. The fraction of sp³-hybridized carbons (Fsp3) is 0.176. The highest BCUT2D eigenvalue weighted by molar-refractivity contribution is 6.13. The lowest BCUT2D eigenvalue weighted by molar-refractivity contribution is 0.0953. The molecule has 4 heteroatoms. The first-order valence-electron chi connectivity index (χ1n) is 6.79. The second-order valence-corrected chi connectivity index (χ2v) is 5.08. The van der Waals surface area contributed by atoms with Gasteiger partial charge in [0.25, 0.3) is 5.91 Å². The highest BCUT2D eigenvalue weighted by Crippen LogP contribution is 2.28. The molecule has 1 amide bonds. The number of hydrogen-bond acceptors (Lipinski definition) is 2. The number of ketones is 1. The Labute approximate surface area is 122 Å². The number of halogens is 1. The van der Waals surface area contributed by atoms with Gasteiger partial charge in [-0.25, -0.2) is 4.39 Å². The van der Waals surface area contributed by atoms with Crippen molar-refractivity contribution in [1.29, 1.82) is 0 Å². The van der Waals surface area contributed by atoms with E-state index in [4.69, 9.17) is 0 Å². The van der Waals surface area contributed by atoms with E-state index in [-0.39, 0.29) is 24.3 Å². The van der Waals surface area contributed by atoms with E-state index in [1.54, 1.807) is 43.3 Å². The van der Waals surface area contributed by atoms with Gasteiger partial charge in [-0.15, -0.1) is 0 Å². The monoisotopic (exact) mass is 283 g/mol. The Kier molecular flexibility index (Phi) is 3.29. The van der Waals surface area contributed by atoms with Gasteiger partial charge >= 0.3 is 0 Å². The molecule has 0 fully saturated rings. The van der Waals surface area contributed by atoms with Gasteiger partial charge in [-0.05, 0) is 30.7 Å². The summed E-state index contributed by atoms with van der Waals surface area (Å²) in [5, 5.41) is 0. The van der Waals surface area contributed by atoms with E-state index >= 15 is 0 Å². The van der Waals surface area contributed by atoms with Crippen LogP contribution in [0.1, 0.15) is 32.7 Å². The number of amides is 1. The van der Waals surface area contributed by atoms with Crippen LogP contribution in [-0.4, -0.2) is 18.2 Å². The third kappa shape index (κ3) is 2.23. The molecule has 3 rings (SSSR count). The lowest BCUT2D eigenvalue weighted by Crippen LogP contribution is -2.37. The Bertz CT molecular complexity index is 739. The van der Waals surface area contributed by atoms with Gasteiger partial charge in [-0.2, -0.15) is 0 Å². The molecule has 1 aliphatic rings. The summed E-state index contributed by atoms with van der Waals surface area (Å²) in [7, 11) is 0. The molecule has 21 heavy (non-hydrogen) atoms. The zero-order valence-electron chi connectivity index (χ0n) is 11.6. The predicted octanol–water partition coefficient (Wildman–Crippen LogP) is 3.37. The number of para-hydroxylation sites is 1. The van der Waals surface area contributed by atoms with E-state index in [2.05, 4.69) is 0 Å². The van der Waals surface area contributed by atoms with Crippen molar-refractivity contribution in [2.75, 3.05) is 11.4 Å². The van der Waals surface area contributed by atoms with Crippen molar-refractivity contribution in [2.24, 2.45) is 0 Å². The lowest BCUT2D eigenvalue weighted by Gasteiger charge is -2.28. The fourth-order valence-corrected chi connectivity index (χ4v) is 2.58. The van der Waals surface area contributed by atoms with Crippen LogP contribution in [0.5, 0.6) is 0 Å². The SMILES string of the molecule is Cc1cccc(C(=O)N2CCC(=O)c3ccccc32)c1F. The summed E-state index contributed by atoms with van der Waals surface area (Å²) in [6.45, 7) is 1.90. The predicted molar refractivity (Wildman–Crippen MR) is 78.2 cm³/mol. The molecule has 106 valence electrons. The van der Waals surface area contributed by atoms with Gasteiger partial charge in [0.15, 0.2) is 5.78 Å². The number of Topliss-reactive ketones (excluding diaryl/α,β-unsaturated/α-hetero) is 1. The van der Waals surface area contributed by atoms with Gasteiger partial charge in [0.2, 0.25) is 0 Å². The Morgan fingerprint density at radius 3 is 2.71 bits per heavy atom. The summed E-state index contributed by atoms with van der Waals surface area (Å²) in [4.78, 5) is 26.0. The van der Waals surface area contributed by atoms with Gasteiger partial charge in [-0.3, -0.25) is 9.59 Å². The van der Waals surface area contributed by atoms with Crippen molar-refractivity contribution in [3.05, 3.63) is 65.0 Å². The molecule has 0 atom stereocenters. The highest BCUT2D eigenvalue weighted by atomic mass is 19.1. The topological polar surface area (TPSA) is 37.4 Å². The van der Waals surface area contributed by atoms with Crippen molar-refractivity contribution in [3.63, 3.8) is 0 Å². The van der Waals surface area contributed by atoms with Crippen molar-refractivity contribution < 1.29 is 14.0 Å². The van der Waals surface area contributed by atoms with E-state index in [9.17, 15) is 14.0 Å². The Morgan fingerprint density at radius 1 is 1.14 bits per heavy atom. The standard InChI is InChI=1S/C17H14FNO2/c1-11-5-4-7-13(16(11)18)17(21)19-10-9-15(20)12-6-2-3-8-14(12)19/h2-8H,9-10H2,1H3. The molecule has 3 nitrogen and oxygen atoms in total. The molecule has 1 heterocycles. The minimum atomic E-state index is -0.503. The number of rotatable bonds is 1. The molecule has 0 bridgehead atoms. The molecular formula is C17H14FNO2. The van der Waals surface area contributed by atoms with Crippen LogP contribution in [0, 0.1) is 12.7 Å². The molecule has 0 aromatic heterocycles. The van der Waals surface area contributed by atoms with E-state index in [1.807, 2.05) is 0 Å². The van der Waals surface area contributed by atoms with Gasteiger partial charge in [-0.1, -0.05) is 24.3 Å². The summed E-state index contributed by atoms with van der Waals surface area (Å²) in [6, 6.07) is 11.7. The first kappa shape index (κ1) is 13.5. The number of carbonyl (C=O) groups excluding carboxylic acids is 2. The van der Waals surface area contributed by atoms with Crippen LogP contribution >= 0.6 is 0 Å². The summed E-state index contributed by atoms with van der Waals surface area (Å²) in [5.74, 6) is -0.896. The second kappa shape index (κ2) is 5.13. The number of hydrogen-bond donors (Lipinski definition) is 0. The van der Waals surface area contributed by atoms with Crippen LogP contribution in [0.15, 0.2) is 42.5 Å². The molecule has 0 aliphatic carbocycles. The highest BCUT2D eigenvalue weighted by Gasteiger charge is 2.29. The minimum absolute atomic E-state index is 0.0133. The van der Waals surface area contributed by atoms with Crippen LogP contribution in [0.2, 0.25) is 0 Å². The molecule has 2 aromatic rings. The normalized spacial score (nSPS) is 14.0. The van der Waals surface area contributed by atoms with Crippen molar-refractivity contribution in [2.45, 2.75) is 13.3 Å². The van der Waals surface area contributed by atoms with Crippen LogP contribution in [0.3, 0.4) is 0 Å². The van der Waals surface area contributed by atoms with Crippen LogP contribution in [0.25, 0.3) is 0 Å². The zero-order valence-corrected chi connectivity index (χ0v) is 11.6. The average Bonchev–Trinajstić information content (AvgIpc) is 2.50. The maximum Gasteiger partial charge on any atom is 0.261 e. The third-order valence-corrected chi connectivity index (χ3v) is 3.73. The van der Waals surface area contributed by atoms with Gasteiger partial charge in [0, 0.05) is 18.5 Å². The van der Waals surface area contributed by atoms with E-state index in [1.165, 1.54) is 11.0 Å². The smallest absolute Gasteiger partial charge is 0.261 e. The number of anilines is 1. The second-order valence-electron chi connectivity index (χ2n) is 5.08. The molecule has 0 saturated carbocycles. The van der Waals surface area contributed by atoms with Crippen LogP contribution in [0.4, 0.5) is 10.1 Å². The maximum atomic E-state index is 14.1. The summed E-state index contributed by atoms with van der Waals surface area (Å²) >= 11 is 0. The van der Waals surface area contributed by atoms with E-state index in [0.717, 1.165) is 0 Å². The fourth-order valence-electron chi connectivity index (χ4n) is 2.58. The zero-order chi connectivity index (χ0) is 15.0. The first-order chi connectivity index (χ1) is 10.1. The average molecular weight is 283 g/mol. The lowest BCUT2D eigenvalue weighted by atomic mass is 9.99. The van der Waals surface area contributed by atoms with Crippen molar-refractivity contribution in [1.82, 2.24) is 0 Å². The molecular weight excluding hydrogens is 269 g/mol. The van der Waals surface area contributed by atoms with Crippen LogP contribution < -0.4 is 4.90 Å². The molecule has 0 saturated heterocycles. The van der Waals surface area contributed by atoms with E-state index in [0.29, 0.717) is 16.8 Å². The quantitative estimate of drug-likeness (QED) is 0.804. The number of nitrogens with zero attached hydrogens (tertiary/aromatic N) is 1. The number of carbonyl (C=O) groups is 2. The Morgan fingerprint density at radius 2 is 1.90 bits per heavy atom. The number of benzene rings is 2. The maximum absolute atomic E-state index is 14.1. The molecule has 1 aliphatic heterocycles.